The van der Waals surface area contributed by atoms with Crippen molar-refractivity contribution in [3.8, 4) is 0 Å². The van der Waals surface area contributed by atoms with Gasteiger partial charge in [0.2, 0.25) is 0 Å². The van der Waals surface area contributed by atoms with Gasteiger partial charge in [0, 0.05) is 0 Å². The van der Waals surface area contributed by atoms with Gasteiger partial charge in [0.25, 0.3) is 0 Å². The van der Waals surface area contributed by atoms with Crippen molar-refractivity contribution in [1.29, 1.82) is 0 Å². The summed E-state index contributed by atoms with van der Waals surface area (Å²) in [4.78, 5) is 0. The predicted octanol–water partition coefficient (Wildman–Crippen LogP) is 10.8. The Bertz CT molecular complexity index is 1930. The molecule has 7 rings (SSSR count). The van der Waals surface area contributed by atoms with Crippen molar-refractivity contribution >= 4 is 43.1 Å². The molecule has 40 heavy (non-hydrogen) atoms. The highest BCUT2D eigenvalue weighted by atomic mass is 14.2. The first-order valence-electron chi connectivity index (χ1n) is 14.4. The Hall–Kier alpha value is -4.42. The van der Waals surface area contributed by atoms with E-state index in [0.29, 0.717) is 0 Å². The van der Waals surface area contributed by atoms with Crippen LogP contribution in [0.3, 0.4) is 0 Å². The zero-order valence-corrected chi connectivity index (χ0v) is 23.5. The number of fused-ring (bicyclic) bond motifs is 4. The van der Waals surface area contributed by atoms with Crippen LogP contribution >= 0.6 is 0 Å². The third-order valence-corrected chi connectivity index (χ3v) is 8.50. The van der Waals surface area contributed by atoms with Gasteiger partial charge in [0.05, 0.1) is 0 Å². The summed E-state index contributed by atoms with van der Waals surface area (Å²) in [5, 5.41) is 10.7. The Kier molecular flexibility index (Phi) is 5.93. The molecule has 0 spiro atoms. The summed E-state index contributed by atoms with van der Waals surface area (Å²) >= 11 is 0. The van der Waals surface area contributed by atoms with Crippen LogP contribution in [-0.2, 0) is 18.3 Å². The molecule has 0 aliphatic rings. The molecular formula is C40H34. The van der Waals surface area contributed by atoms with E-state index in [2.05, 4.69) is 148 Å². The standard InChI is InChI=1S/C40H34/c1-40(2,3)39-23-27(22-37-33-16-8-4-12-28(33)24-29-13-5-9-17-34(29)37)20-21-32(39)26-38-35-18-10-6-14-30(35)25-31-15-7-11-19-36(31)38/h4-21,23-25H,22,26H2,1-3H3. The topological polar surface area (TPSA) is 0 Å². The van der Waals surface area contributed by atoms with Crippen LogP contribution in [-0.4, -0.2) is 0 Å². The van der Waals surface area contributed by atoms with Gasteiger partial charge in [-0.05, 0) is 101 Å². The summed E-state index contributed by atoms with van der Waals surface area (Å²) in [5.74, 6) is 0. The Morgan fingerprint density at radius 1 is 0.425 bits per heavy atom. The summed E-state index contributed by atoms with van der Waals surface area (Å²) in [6.45, 7) is 7.05. The molecule has 0 heteroatoms. The molecule has 7 aromatic rings. The molecule has 0 bridgehead atoms. The van der Waals surface area contributed by atoms with Crippen LogP contribution in [0.15, 0.2) is 127 Å². The van der Waals surface area contributed by atoms with Crippen LogP contribution < -0.4 is 0 Å². The lowest BCUT2D eigenvalue weighted by molar-refractivity contribution is 0.583. The molecule has 0 nitrogen and oxygen atoms in total. The van der Waals surface area contributed by atoms with Gasteiger partial charge < -0.3 is 0 Å². The molecule has 0 amide bonds. The predicted molar refractivity (Wildman–Crippen MR) is 174 cm³/mol. The van der Waals surface area contributed by atoms with E-state index in [4.69, 9.17) is 0 Å². The van der Waals surface area contributed by atoms with Crippen LogP contribution in [0.5, 0.6) is 0 Å². The van der Waals surface area contributed by atoms with Gasteiger partial charge >= 0.3 is 0 Å². The van der Waals surface area contributed by atoms with Crippen LogP contribution in [0.25, 0.3) is 43.1 Å². The van der Waals surface area contributed by atoms with E-state index in [-0.39, 0.29) is 5.41 Å². The Morgan fingerprint density at radius 2 is 0.825 bits per heavy atom. The van der Waals surface area contributed by atoms with Crippen LogP contribution in [0.4, 0.5) is 0 Å². The normalized spacial score (nSPS) is 12.1. The quantitative estimate of drug-likeness (QED) is 0.205. The van der Waals surface area contributed by atoms with Gasteiger partial charge in [0.1, 0.15) is 0 Å². The minimum absolute atomic E-state index is 0.0343. The second-order valence-electron chi connectivity index (χ2n) is 12.2. The molecule has 194 valence electrons. The number of benzene rings is 7. The number of hydrogen-bond acceptors (Lipinski definition) is 0. The minimum Gasteiger partial charge on any atom is -0.0616 e. The van der Waals surface area contributed by atoms with E-state index in [0.717, 1.165) is 12.8 Å². The summed E-state index contributed by atoms with van der Waals surface area (Å²) in [6, 6.07) is 47.3. The van der Waals surface area contributed by atoms with Crippen molar-refractivity contribution < 1.29 is 0 Å². The zero-order chi connectivity index (χ0) is 27.3. The zero-order valence-electron chi connectivity index (χ0n) is 23.5. The second kappa shape index (κ2) is 9.65. The smallest absolute Gasteiger partial charge is 0.00105 e. The molecule has 0 heterocycles. The number of hydrogen-bond donors (Lipinski definition) is 0. The first-order valence-corrected chi connectivity index (χ1v) is 14.4. The van der Waals surface area contributed by atoms with Crippen molar-refractivity contribution in [3.63, 3.8) is 0 Å². The third kappa shape index (κ3) is 4.34. The van der Waals surface area contributed by atoms with Crippen LogP contribution in [0, 0.1) is 0 Å². The SMILES string of the molecule is CC(C)(C)c1cc(Cc2c3ccccc3cc3ccccc23)ccc1Cc1c2ccccc2cc2ccccc12. The Balaban J connectivity index is 1.37. The third-order valence-electron chi connectivity index (χ3n) is 8.50. The van der Waals surface area contributed by atoms with Crippen molar-refractivity contribution in [2.24, 2.45) is 0 Å². The van der Waals surface area contributed by atoms with Gasteiger partial charge in [0.15, 0.2) is 0 Å². The summed E-state index contributed by atoms with van der Waals surface area (Å²) in [6.07, 6.45) is 1.84. The highest BCUT2D eigenvalue weighted by molar-refractivity contribution is 6.03. The molecule has 0 aromatic heterocycles. The lowest BCUT2D eigenvalue weighted by Gasteiger charge is -2.25. The molecule has 0 saturated carbocycles. The summed E-state index contributed by atoms with van der Waals surface area (Å²) in [5.41, 5.74) is 7.10. The second-order valence-corrected chi connectivity index (χ2v) is 12.2. The van der Waals surface area contributed by atoms with Gasteiger partial charge in [-0.2, -0.15) is 0 Å². The molecule has 7 aromatic carbocycles. The minimum atomic E-state index is 0.0343. The van der Waals surface area contributed by atoms with Crippen LogP contribution in [0.1, 0.15) is 48.6 Å². The fraction of sp³-hybridized carbons (Fsp3) is 0.150. The lowest BCUT2D eigenvalue weighted by atomic mass is 9.79. The molecule has 0 aliphatic heterocycles. The highest BCUT2D eigenvalue weighted by Gasteiger charge is 2.21. The first kappa shape index (κ1) is 24.6. The van der Waals surface area contributed by atoms with Crippen molar-refractivity contribution in [1.82, 2.24) is 0 Å². The molecule has 0 saturated heterocycles. The van der Waals surface area contributed by atoms with Gasteiger partial charge in [-0.1, -0.05) is 136 Å². The maximum atomic E-state index is 2.49. The summed E-state index contributed by atoms with van der Waals surface area (Å²) < 4.78 is 0. The average Bonchev–Trinajstić information content (AvgIpc) is 2.97. The van der Waals surface area contributed by atoms with E-state index in [1.165, 1.54) is 70.9 Å². The van der Waals surface area contributed by atoms with E-state index in [1.54, 1.807) is 0 Å². The molecule has 0 atom stereocenters. The number of rotatable bonds is 4. The van der Waals surface area contributed by atoms with Gasteiger partial charge in [-0.15, -0.1) is 0 Å². The van der Waals surface area contributed by atoms with Gasteiger partial charge in [-0.25, -0.2) is 0 Å². The monoisotopic (exact) mass is 514 g/mol. The van der Waals surface area contributed by atoms with E-state index in [9.17, 15) is 0 Å². The van der Waals surface area contributed by atoms with Crippen molar-refractivity contribution in [2.75, 3.05) is 0 Å². The Morgan fingerprint density at radius 3 is 1.25 bits per heavy atom. The molecule has 0 fully saturated rings. The first-order chi connectivity index (χ1) is 19.5. The maximum Gasteiger partial charge on any atom is -0.00105 e. The lowest BCUT2D eigenvalue weighted by Crippen LogP contribution is -2.15. The fourth-order valence-corrected chi connectivity index (χ4v) is 6.58. The van der Waals surface area contributed by atoms with E-state index in [1.807, 2.05) is 0 Å². The van der Waals surface area contributed by atoms with Gasteiger partial charge in [-0.3, -0.25) is 0 Å². The van der Waals surface area contributed by atoms with Crippen LogP contribution in [0.2, 0.25) is 0 Å². The van der Waals surface area contributed by atoms with Crippen molar-refractivity contribution in [3.05, 3.63) is 155 Å². The fourth-order valence-electron chi connectivity index (χ4n) is 6.58. The summed E-state index contributed by atoms with van der Waals surface area (Å²) in [7, 11) is 0. The van der Waals surface area contributed by atoms with Crippen molar-refractivity contribution in [2.45, 2.75) is 39.0 Å². The molecular weight excluding hydrogens is 480 g/mol. The average molecular weight is 515 g/mol. The van der Waals surface area contributed by atoms with E-state index < -0.39 is 0 Å². The molecule has 0 N–H and O–H groups in total. The largest absolute Gasteiger partial charge is 0.0616 e. The molecule has 0 aliphatic carbocycles. The molecule has 0 radical (unpaired) electrons. The Labute approximate surface area is 236 Å². The van der Waals surface area contributed by atoms with E-state index >= 15 is 0 Å². The maximum absolute atomic E-state index is 2.49. The molecule has 0 unspecified atom stereocenters. The highest BCUT2D eigenvalue weighted by Crippen LogP contribution is 2.36.